The van der Waals surface area contributed by atoms with Gasteiger partial charge in [-0.3, -0.25) is 4.79 Å². The average molecular weight is 384 g/mol. The molecule has 27 heavy (non-hydrogen) atoms. The van der Waals surface area contributed by atoms with E-state index < -0.39 is 5.97 Å². The first kappa shape index (κ1) is 18.7. The fourth-order valence-corrected chi connectivity index (χ4v) is 2.78. The van der Waals surface area contributed by atoms with Crippen molar-refractivity contribution in [3.05, 3.63) is 77.3 Å². The van der Waals surface area contributed by atoms with Crippen LogP contribution >= 0.6 is 11.6 Å². The van der Waals surface area contributed by atoms with Crippen LogP contribution in [0.4, 0.5) is 5.69 Å². The molecular formula is C20H18ClN3O3. The van der Waals surface area contributed by atoms with Gasteiger partial charge in [0, 0.05) is 18.1 Å². The van der Waals surface area contributed by atoms with Gasteiger partial charge in [-0.25, -0.2) is 9.78 Å². The summed E-state index contributed by atoms with van der Waals surface area (Å²) in [5.74, 6) is -0.766. The Hall–Kier alpha value is -3.12. The van der Waals surface area contributed by atoms with E-state index in [0.29, 0.717) is 27.5 Å². The summed E-state index contributed by atoms with van der Waals surface area (Å²) >= 11 is 6.27. The van der Waals surface area contributed by atoms with Crippen molar-refractivity contribution in [1.82, 2.24) is 9.55 Å². The van der Waals surface area contributed by atoms with Gasteiger partial charge in [-0.15, -0.1) is 0 Å². The molecule has 0 saturated heterocycles. The van der Waals surface area contributed by atoms with Gasteiger partial charge in [-0.2, -0.15) is 0 Å². The maximum atomic E-state index is 12.8. The number of carbonyl (C=O) groups excluding carboxylic acids is 2. The van der Waals surface area contributed by atoms with Crippen molar-refractivity contribution in [3.63, 3.8) is 0 Å². The van der Waals surface area contributed by atoms with Gasteiger partial charge in [0.25, 0.3) is 5.91 Å². The zero-order chi connectivity index (χ0) is 19.4. The van der Waals surface area contributed by atoms with Crippen LogP contribution in [0.5, 0.6) is 0 Å². The molecule has 3 rings (SSSR count). The molecule has 0 spiro atoms. The van der Waals surface area contributed by atoms with Crippen molar-refractivity contribution in [2.75, 3.05) is 5.32 Å². The maximum absolute atomic E-state index is 12.8. The van der Waals surface area contributed by atoms with Crippen LogP contribution in [-0.2, 0) is 4.74 Å². The van der Waals surface area contributed by atoms with Crippen molar-refractivity contribution in [2.24, 2.45) is 0 Å². The van der Waals surface area contributed by atoms with E-state index in [2.05, 4.69) is 10.3 Å². The molecule has 1 amide bonds. The highest BCUT2D eigenvalue weighted by Gasteiger charge is 2.17. The molecule has 6 nitrogen and oxygen atoms in total. The van der Waals surface area contributed by atoms with Crippen LogP contribution < -0.4 is 5.32 Å². The highest BCUT2D eigenvalue weighted by atomic mass is 35.5. The minimum Gasteiger partial charge on any atom is -0.459 e. The lowest BCUT2D eigenvalue weighted by atomic mass is 10.1. The summed E-state index contributed by atoms with van der Waals surface area (Å²) in [6.45, 7) is 3.57. The number of imidazole rings is 1. The van der Waals surface area contributed by atoms with Gasteiger partial charge in [0.2, 0.25) is 0 Å². The zero-order valence-electron chi connectivity index (χ0n) is 14.8. The minimum atomic E-state index is -0.406. The Labute approximate surface area is 161 Å². The molecule has 0 unspecified atom stereocenters. The summed E-state index contributed by atoms with van der Waals surface area (Å²) in [7, 11) is 0. The molecule has 0 bridgehead atoms. The molecule has 0 aliphatic rings. The van der Waals surface area contributed by atoms with Gasteiger partial charge >= 0.3 is 5.97 Å². The van der Waals surface area contributed by atoms with E-state index >= 15 is 0 Å². The Morgan fingerprint density at radius 2 is 1.89 bits per heavy atom. The number of carbonyl (C=O) groups is 2. The number of esters is 1. The predicted molar refractivity (Wildman–Crippen MR) is 104 cm³/mol. The number of nitrogens with zero attached hydrogens (tertiary/aromatic N) is 2. The molecule has 0 atom stereocenters. The molecule has 2 aromatic carbocycles. The number of aromatic nitrogens is 2. The van der Waals surface area contributed by atoms with Crippen molar-refractivity contribution in [1.29, 1.82) is 0 Å². The van der Waals surface area contributed by atoms with Crippen LogP contribution in [0.1, 0.15) is 34.6 Å². The lowest BCUT2D eigenvalue weighted by molar-refractivity contribution is 0.0378. The van der Waals surface area contributed by atoms with Crippen LogP contribution in [0, 0.1) is 0 Å². The second-order valence-corrected chi connectivity index (χ2v) is 6.50. The molecule has 1 heterocycles. The first-order chi connectivity index (χ1) is 13.0. The van der Waals surface area contributed by atoms with Gasteiger partial charge in [0.1, 0.15) is 0 Å². The van der Waals surface area contributed by atoms with Crippen LogP contribution in [0.2, 0.25) is 5.02 Å². The summed E-state index contributed by atoms with van der Waals surface area (Å²) < 4.78 is 6.86. The summed E-state index contributed by atoms with van der Waals surface area (Å²) in [5.41, 5.74) is 1.91. The van der Waals surface area contributed by atoms with E-state index in [1.807, 2.05) is 0 Å². The third kappa shape index (κ3) is 4.35. The minimum absolute atomic E-state index is 0.196. The van der Waals surface area contributed by atoms with E-state index in [4.69, 9.17) is 16.3 Å². The molecule has 3 aromatic rings. The van der Waals surface area contributed by atoms with E-state index in [0.717, 1.165) is 0 Å². The first-order valence-corrected chi connectivity index (χ1v) is 8.72. The maximum Gasteiger partial charge on any atom is 0.338 e. The highest BCUT2D eigenvalue weighted by molar-refractivity contribution is 6.35. The normalized spacial score (nSPS) is 10.7. The number of halogens is 1. The number of anilines is 1. The fourth-order valence-electron chi connectivity index (χ4n) is 2.52. The van der Waals surface area contributed by atoms with Gasteiger partial charge in [-0.05, 0) is 50.2 Å². The Morgan fingerprint density at radius 1 is 1.15 bits per heavy atom. The Kier molecular flexibility index (Phi) is 5.57. The number of benzene rings is 2. The summed E-state index contributed by atoms with van der Waals surface area (Å²) in [6.07, 6.45) is 4.76. The third-order valence-electron chi connectivity index (χ3n) is 3.72. The summed E-state index contributed by atoms with van der Waals surface area (Å²) in [5, 5.41) is 3.13. The number of hydrogen-bond acceptors (Lipinski definition) is 4. The second-order valence-electron chi connectivity index (χ2n) is 6.09. The zero-order valence-corrected chi connectivity index (χ0v) is 15.6. The molecule has 1 N–H and O–H groups in total. The van der Waals surface area contributed by atoms with Crippen LogP contribution in [0.25, 0.3) is 5.69 Å². The smallest absolute Gasteiger partial charge is 0.338 e. The highest BCUT2D eigenvalue weighted by Crippen LogP contribution is 2.24. The Bertz CT molecular complexity index is 951. The molecule has 0 radical (unpaired) electrons. The molecule has 7 heteroatoms. The number of ether oxygens (including phenoxy) is 1. The van der Waals surface area contributed by atoms with E-state index in [-0.39, 0.29) is 12.0 Å². The van der Waals surface area contributed by atoms with Gasteiger partial charge in [-0.1, -0.05) is 17.7 Å². The third-order valence-corrected chi connectivity index (χ3v) is 4.04. The Balaban J connectivity index is 1.81. The van der Waals surface area contributed by atoms with Crippen molar-refractivity contribution >= 4 is 29.2 Å². The van der Waals surface area contributed by atoms with Crippen molar-refractivity contribution in [3.8, 4) is 5.69 Å². The molecular weight excluding hydrogens is 366 g/mol. The molecule has 0 aliphatic carbocycles. The molecule has 0 aliphatic heterocycles. The Morgan fingerprint density at radius 3 is 2.52 bits per heavy atom. The van der Waals surface area contributed by atoms with Crippen LogP contribution in [0.15, 0.2) is 61.2 Å². The topological polar surface area (TPSA) is 73.2 Å². The fraction of sp³-hybridized carbons (Fsp3) is 0.150. The van der Waals surface area contributed by atoms with Crippen LogP contribution in [-0.4, -0.2) is 27.5 Å². The predicted octanol–water partition coefficient (Wildman–Crippen LogP) is 4.34. The molecule has 1 aromatic heterocycles. The van der Waals surface area contributed by atoms with Crippen molar-refractivity contribution < 1.29 is 14.3 Å². The number of rotatable bonds is 5. The standard InChI is InChI=1S/C20H18ClN3O3/c1-13(2)27-20(26)14-6-8-15(9-7-14)23-19(25)18-16(21)4-3-5-17(18)24-11-10-22-12-24/h3-13H,1-2H3,(H,23,25). The summed E-state index contributed by atoms with van der Waals surface area (Å²) in [4.78, 5) is 28.7. The average Bonchev–Trinajstić information content (AvgIpc) is 3.16. The van der Waals surface area contributed by atoms with Crippen molar-refractivity contribution in [2.45, 2.75) is 20.0 Å². The van der Waals surface area contributed by atoms with Crippen LogP contribution in [0.3, 0.4) is 0 Å². The SMILES string of the molecule is CC(C)OC(=O)c1ccc(NC(=O)c2c(Cl)cccc2-n2ccnc2)cc1. The van der Waals surface area contributed by atoms with E-state index in [9.17, 15) is 9.59 Å². The number of nitrogens with one attached hydrogen (secondary N) is 1. The lowest BCUT2D eigenvalue weighted by Gasteiger charge is -2.13. The van der Waals surface area contributed by atoms with Gasteiger partial charge in [0.05, 0.1) is 34.3 Å². The van der Waals surface area contributed by atoms with Gasteiger partial charge in [0.15, 0.2) is 0 Å². The lowest BCUT2D eigenvalue weighted by Crippen LogP contribution is -2.16. The van der Waals surface area contributed by atoms with E-state index in [1.165, 1.54) is 0 Å². The first-order valence-electron chi connectivity index (χ1n) is 8.35. The molecule has 138 valence electrons. The molecule has 0 saturated carbocycles. The number of hydrogen-bond donors (Lipinski definition) is 1. The van der Waals surface area contributed by atoms with E-state index in [1.54, 1.807) is 79.6 Å². The summed E-state index contributed by atoms with van der Waals surface area (Å²) in [6, 6.07) is 11.7. The molecule has 0 fully saturated rings. The van der Waals surface area contributed by atoms with Gasteiger partial charge < -0.3 is 14.6 Å². The monoisotopic (exact) mass is 383 g/mol. The second kappa shape index (κ2) is 8.05. The number of amides is 1. The largest absolute Gasteiger partial charge is 0.459 e. The quantitative estimate of drug-likeness (QED) is 0.665.